The van der Waals surface area contributed by atoms with Crippen LogP contribution in [0.15, 0.2) is 0 Å². The zero-order chi connectivity index (χ0) is 33.0. The number of carbonyl (C=O) groups is 5. The largest absolute Gasteiger partial charge is 0.549 e. The van der Waals surface area contributed by atoms with Gasteiger partial charge >= 0.3 is 0 Å². The number of unbranched alkanes of at least 4 members (excludes halogenated alkanes) is 13. The quantitative estimate of drug-likeness (QED) is 0.0722. The molecule has 0 aromatic carbocycles. The molecule has 13 heteroatoms. The Kier molecular flexibility index (Phi) is 26.2. The molecule has 0 atom stereocenters. The fourth-order valence-electron chi connectivity index (χ4n) is 4.87. The van der Waals surface area contributed by atoms with Crippen molar-refractivity contribution in [2.75, 3.05) is 72.1 Å². The Morgan fingerprint density at radius 2 is 0.773 bits per heavy atom. The van der Waals surface area contributed by atoms with E-state index >= 15 is 0 Å². The smallest absolute Gasteiger partial charge is 0.172 e. The highest BCUT2D eigenvalue weighted by atomic mass is 16.5. The van der Waals surface area contributed by atoms with Gasteiger partial charge in [0.1, 0.15) is 6.61 Å². The predicted octanol–water partition coefficient (Wildman–Crippen LogP) is -2.04. The van der Waals surface area contributed by atoms with Crippen LogP contribution in [-0.4, -0.2) is 116 Å². The van der Waals surface area contributed by atoms with Crippen molar-refractivity contribution in [2.45, 2.75) is 96.8 Å². The van der Waals surface area contributed by atoms with E-state index in [4.69, 9.17) is 4.74 Å². The number of carboxylic acid groups (broad SMARTS) is 4. The molecule has 0 aromatic heterocycles. The Labute approximate surface area is 262 Å². The second-order valence-electron chi connectivity index (χ2n) is 11.4. The van der Waals surface area contributed by atoms with Gasteiger partial charge in [-0.25, -0.2) is 0 Å². The van der Waals surface area contributed by atoms with Crippen LogP contribution in [0.2, 0.25) is 0 Å². The molecule has 256 valence electrons. The lowest BCUT2D eigenvalue weighted by Crippen LogP contribution is -2.49. The molecule has 0 heterocycles. The van der Waals surface area contributed by atoms with Gasteiger partial charge in [-0.1, -0.05) is 90.4 Å². The van der Waals surface area contributed by atoms with E-state index in [1.165, 1.54) is 70.6 Å². The van der Waals surface area contributed by atoms with Crippen molar-refractivity contribution in [1.82, 2.24) is 14.7 Å². The lowest BCUT2D eigenvalue weighted by Gasteiger charge is -2.30. The minimum absolute atomic E-state index is 0.0374. The standard InChI is InChI=1S/C31H57N3O10/c1-2-3-4-5-6-7-8-9-10-11-12-13-14-15-20-44-26-27(35)21-32(16-18-33(22-28(36)37)23-29(38)39)17-19-34(24-30(40)41)25-31(42)43/h2-26H2,1H3,(H,36,37)(H,38,39)(H,40,41)(H,42,43)/p-4. The van der Waals surface area contributed by atoms with Gasteiger partial charge in [-0.2, -0.15) is 0 Å². The maximum Gasteiger partial charge on any atom is 0.172 e. The highest BCUT2D eigenvalue weighted by Gasteiger charge is 2.16. The number of ketones is 1. The van der Waals surface area contributed by atoms with Crippen LogP contribution in [0.3, 0.4) is 0 Å². The number of hydrogen-bond donors (Lipinski definition) is 0. The molecule has 0 rings (SSSR count). The van der Waals surface area contributed by atoms with Crippen LogP contribution in [0.25, 0.3) is 0 Å². The van der Waals surface area contributed by atoms with E-state index in [-0.39, 0.29) is 45.1 Å². The molecule has 0 aromatic rings. The van der Waals surface area contributed by atoms with Gasteiger partial charge < -0.3 is 44.3 Å². The first-order chi connectivity index (χ1) is 21.0. The van der Waals surface area contributed by atoms with E-state index in [9.17, 15) is 44.4 Å². The van der Waals surface area contributed by atoms with E-state index < -0.39 is 50.1 Å². The van der Waals surface area contributed by atoms with Crippen LogP contribution >= 0.6 is 0 Å². The molecular formula is C31H53N3O10-4. The third-order valence-electron chi connectivity index (χ3n) is 7.18. The first-order valence-corrected chi connectivity index (χ1v) is 16.1. The van der Waals surface area contributed by atoms with E-state index in [2.05, 4.69) is 6.92 Å². The maximum atomic E-state index is 12.6. The van der Waals surface area contributed by atoms with Gasteiger partial charge in [0, 0.05) is 59.0 Å². The summed E-state index contributed by atoms with van der Waals surface area (Å²) in [7, 11) is 0. The summed E-state index contributed by atoms with van der Waals surface area (Å²) >= 11 is 0. The van der Waals surface area contributed by atoms with E-state index in [0.29, 0.717) is 6.61 Å². The number of rotatable bonds is 33. The highest BCUT2D eigenvalue weighted by molar-refractivity contribution is 5.81. The zero-order valence-corrected chi connectivity index (χ0v) is 26.6. The van der Waals surface area contributed by atoms with Crippen molar-refractivity contribution in [2.24, 2.45) is 0 Å². The van der Waals surface area contributed by atoms with E-state index in [1.807, 2.05) is 0 Å². The summed E-state index contributed by atoms with van der Waals surface area (Å²) in [5.41, 5.74) is 0. The lowest BCUT2D eigenvalue weighted by molar-refractivity contribution is -0.312. The van der Waals surface area contributed by atoms with Gasteiger partial charge in [-0.3, -0.25) is 19.5 Å². The van der Waals surface area contributed by atoms with Crippen LogP contribution in [0, 0.1) is 0 Å². The molecular weight excluding hydrogens is 574 g/mol. The van der Waals surface area contributed by atoms with Crippen LogP contribution < -0.4 is 20.4 Å². The summed E-state index contributed by atoms with van der Waals surface area (Å²) in [6, 6.07) is 0. The maximum absolute atomic E-state index is 12.6. The van der Waals surface area contributed by atoms with Crippen molar-refractivity contribution < 1.29 is 49.1 Å². The second kappa shape index (κ2) is 27.9. The van der Waals surface area contributed by atoms with Crippen LogP contribution in [-0.2, 0) is 28.7 Å². The van der Waals surface area contributed by atoms with Crippen molar-refractivity contribution in [1.29, 1.82) is 0 Å². The molecule has 0 aliphatic carbocycles. The number of carbonyl (C=O) groups excluding carboxylic acids is 5. The Hall–Kier alpha value is -2.61. The normalized spacial score (nSPS) is 11.5. The Bertz CT molecular complexity index is 740. The number of ether oxygens (including phenoxy) is 1. The Morgan fingerprint density at radius 3 is 1.11 bits per heavy atom. The summed E-state index contributed by atoms with van der Waals surface area (Å²) in [4.78, 5) is 60.2. The molecule has 0 aliphatic rings. The van der Waals surface area contributed by atoms with Crippen molar-refractivity contribution >= 4 is 29.7 Å². The molecule has 0 saturated heterocycles. The fourth-order valence-corrected chi connectivity index (χ4v) is 4.87. The molecule has 0 spiro atoms. The first-order valence-electron chi connectivity index (χ1n) is 16.1. The van der Waals surface area contributed by atoms with Crippen molar-refractivity contribution in [3.8, 4) is 0 Å². The van der Waals surface area contributed by atoms with Crippen LogP contribution in [0.4, 0.5) is 0 Å². The molecule has 0 bridgehead atoms. The van der Waals surface area contributed by atoms with Gasteiger partial charge in [-0.15, -0.1) is 0 Å². The van der Waals surface area contributed by atoms with E-state index in [0.717, 1.165) is 29.1 Å². The molecule has 44 heavy (non-hydrogen) atoms. The summed E-state index contributed by atoms with van der Waals surface area (Å²) in [6.07, 6.45) is 17.3. The number of hydrogen-bond acceptors (Lipinski definition) is 13. The van der Waals surface area contributed by atoms with Gasteiger partial charge in [0.25, 0.3) is 0 Å². The third kappa shape index (κ3) is 28.2. The zero-order valence-electron chi connectivity index (χ0n) is 26.6. The topological polar surface area (TPSA) is 197 Å². The van der Waals surface area contributed by atoms with Crippen LogP contribution in [0.1, 0.15) is 96.8 Å². The van der Waals surface area contributed by atoms with Crippen molar-refractivity contribution in [3.63, 3.8) is 0 Å². The summed E-state index contributed by atoms with van der Waals surface area (Å²) in [5.74, 6) is -6.23. The number of Topliss-reactive ketones (excluding diaryl/α,β-unsaturated/α-hetero) is 1. The van der Waals surface area contributed by atoms with Crippen LogP contribution in [0.5, 0.6) is 0 Å². The van der Waals surface area contributed by atoms with Gasteiger partial charge in [0.05, 0.1) is 30.4 Å². The van der Waals surface area contributed by atoms with Gasteiger partial charge in [-0.05, 0) is 6.42 Å². The first kappa shape index (κ1) is 41.4. The lowest BCUT2D eigenvalue weighted by atomic mass is 10.0. The van der Waals surface area contributed by atoms with Gasteiger partial charge in [0.2, 0.25) is 0 Å². The Morgan fingerprint density at radius 1 is 0.455 bits per heavy atom. The fraction of sp³-hybridized carbons (Fsp3) is 0.839. The molecule has 0 amide bonds. The SMILES string of the molecule is CCCCCCCCCCCCCCCCOCC(=O)CN(CCN(CC(=O)[O-])CC(=O)[O-])CCN(CC(=O)[O-])CC(=O)[O-]. The van der Waals surface area contributed by atoms with E-state index in [1.54, 1.807) is 4.90 Å². The second-order valence-corrected chi connectivity index (χ2v) is 11.4. The predicted molar refractivity (Wildman–Crippen MR) is 155 cm³/mol. The summed E-state index contributed by atoms with van der Waals surface area (Å²) in [5, 5.41) is 43.9. The number of carboxylic acids is 4. The average Bonchev–Trinajstić information content (AvgIpc) is 2.92. The monoisotopic (exact) mass is 627 g/mol. The Balaban J connectivity index is 4.46. The molecule has 0 aliphatic heterocycles. The minimum Gasteiger partial charge on any atom is -0.549 e. The molecule has 13 nitrogen and oxygen atoms in total. The molecule has 0 fully saturated rings. The molecule has 0 saturated carbocycles. The minimum atomic E-state index is -1.49. The summed E-state index contributed by atoms with van der Waals surface area (Å²) in [6.45, 7) is -0.377. The number of nitrogens with zero attached hydrogens (tertiary/aromatic N) is 3. The average molecular weight is 628 g/mol. The molecule has 0 radical (unpaired) electrons. The van der Waals surface area contributed by atoms with Crippen molar-refractivity contribution in [3.05, 3.63) is 0 Å². The number of aliphatic carboxylic acids is 4. The summed E-state index contributed by atoms with van der Waals surface area (Å²) < 4.78 is 5.52. The molecule has 0 N–H and O–H groups in total. The molecule has 0 unspecified atom stereocenters. The van der Waals surface area contributed by atoms with Gasteiger partial charge in [0.15, 0.2) is 5.78 Å². The highest BCUT2D eigenvalue weighted by Crippen LogP contribution is 2.13. The third-order valence-corrected chi connectivity index (χ3v) is 7.18.